The first kappa shape index (κ1) is 14.0. The second kappa shape index (κ2) is 6.12. The molecule has 0 bridgehead atoms. The van der Waals surface area contributed by atoms with Crippen molar-refractivity contribution >= 4 is 23.1 Å². The van der Waals surface area contributed by atoms with Gasteiger partial charge in [-0.3, -0.25) is 4.79 Å². The van der Waals surface area contributed by atoms with Crippen LogP contribution in [0.3, 0.4) is 0 Å². The van der Waals surface area contributed by atoms with Gasteiger partial charge in [-0.15, -0.1) is 0 Å². The molecule has 0 spiro atoms. The molecule has 1 fully saturated rings. The Labute approximate surface area is 118 Å². The lowest BCUT2D eigenvalue weighted by atomic mass is 10.1. The summed E-state index contributed by atoms with van der Waals surface area (Å²) in [6.45, 7) is 1.46. The molecule has 102 valence electrons. The Morgan fingerprint density at radius 1 is 1.37 bits per heavy atom. The largest absolute Gasteiger partial charge is 0.389 e. The van der Waals surface area contributed by atoms with Gasteiger partial charge in [-0.05, 0) is 25.0 Å². The Morgan fingerprint density at radius 2 is 2.00 bits per heavy atom. The Kier molecular flexibility index (Phi) is 4.50. The number of hydrogen-bond donors (Lipinski definition) is 1. The van der Waals surface area contributed by atoms with Crippen LogP contribution in [0.1, 0.15) is 28.8 Å². The van der Waals surface area contributed by atoms with Crippen molar-refractivity contribution in [1.82, 2.24) is 4.90 Å². The van der Waals surface area contributed by atoms with Crippen molar-refractivity contribution in [2.45, 2.75) is 18.9 Å². The number of amides is 1. The summed E-state index contributed by atoms with van der Waals surface area (Å²) in [4.78, 5) is 14.5. The van der Waals surface area contributed by atoms with Crippen LogP contribution in [0.4, 0.5) is 0 Å². The number of hydrogen-bond acceptors (Lipinski definition) is 3. The van der Waals surface area contributed by atoms with Gasteiger partial charge in [-0.1, -0.05) is 24.4 Å². The number of likely N-dealkylation sites (tertiary alicyclic amines) is 1. The van der Waals surface area contributed by atoms with Gasteiger partial charge >= 0.3 is 0 Å². The van der Waals surface area contributed by atoms with Gasteiger partial charge in [-0.2, -0.15) is 0 Å². The van der Waals surface area contributed by atoms with E-state index in [1.807, 2.05) is 17.0 Å². The minimum atomic E-state index is 0.0349. The summed E-state index contributed by atoms with van der Waals surface area (Å²) in [5.74, 6) is 0.0349. The maximum absolute atomic E-state index is 12.4. The molecule has 1 amide bonds. The number of methoxy groups -OCH3 is 1. The van der Waals surface area contributed by atoms with Gasteiger partial charge in [-0.25, -0.2) is 0 Å². The Hall–Kier alpha value is -1.46. The van der Waals surface area contributed by atoms with E-state index in [-0.39, 0.29) is 12.0 Å². The van der Waals surface area contributed by atoms with Crippen LogP contribution in [0.15, 0.2) is 24.3 Å². The smallest absolute Gasteiger partial charge is 0.253 e. The van der Waals surface area contributed by atoms with Crippen LogP contribution in [-0.2, 0) is 4.74 Å². The molecule has 0 radical (unpaired) electrons. The second-order valence-electron chi connectivity index (χ2n) is 4.67. The average Bonchev–Trinajstić information content (AvgIpc) is 2.46. The second-order valence-corrected chi connectivity index (χ2v) is 5.11. The number of nitrogens with two attached hydrogens (primary N) is 1. The topological polar surface area (TPSA) is 55.6 Å². The zero-order valence-electron chi connectivity index (χ0n) is 11.0. The molecule has 1 aliphatic rings. The van der Waals surface area contributed by atoms with Gasteiger partial charge in [0.25, 0.3) is 5.91 Å². The molecule has 2 N–H and O–H groups in total. The average molecular weight is 278 g/mol. The van der Waals surface area contributed by atoms with Gasteiger partial charge in [0.15, 0.2) is 0 Å². The summed E-state index contributed by atoms with van der Waals surface area (Å²) in [5.41, 5.74) is 6.96. The van der Waals surface area contributed by atoms with Gasteiger partial charge in [0, 0.05) is 31.3 Å². The van der Waals surface area contributed by atoms with E-state index in [0.29, 0.717) is 10.6 Å². The molecule has 0 saturated carbocycles. The van der Waals surface area contributed by atoms with Crippen LogP contribution in [0, 0.1) is 0 Å². The van der Waals surface area contributed by atoms with Crippen molar-refractivity contribution in [2.75, 3.05) is 20.2 Å². The van der Waals surface area contributed by atoms with Crippen molar-refractivity contribution in [3.05, 3.63) is 35.4 Å². The summed E-state index contributed by atoms with van der Waals surface area (Å²) >= 11 is 4.93. The lowest BCUT2D eigenvalue weighted by molar-refractivity contribution is 0.0351. The lowest BCUT2D eigenvalue weighted by Gasteiger charge is -2.31. The number of ether oxygens (including phenoxy) is 1. The molecule has 5 heteroatoms. The van der Waals surface area contributed by atoms with E-state index in [9.17, 15) is 4.79 Å². The molecule has 0 unspecified atom stereocenters. The maximum atomic E-state index is 12.4. The number of carbonyl (C=O) groups is 1. The third-order valence-corrected chi connectivity index (χ3v) is 3.69. The predicted octanol–water partition coefficient (Wildman–Crippen LogP) is 1.57. The fraction of sp³-hybridized carbons (Fsp3) is 0.429. The van der Waals surface area contributed by atoms with Crippen molar-refractivity contribution in [3.63, 3.8) is 0 Å². The van der Waals surface area contributed by atoms with Crippen LogP contribution in [-0.4, -0.2) is 42.1 Å². The molecule has 0 atom stereocenters. The molecule has 0 aromatic heterocycles. The Bertz CT molecular complexity index is 482. The third kappa shape index (κ3) is 3.30. The first-order chi connectivity index (χ1) is 9.11. The zero-order chi connectivity index (χ0) is 13.8. The predicted molar refractivity (Wildman–Crippen MR) is 78.3 cm³/mol. The molecule has 2 rings (SSSR count). The molecule has 4 nitrogen and oxygen atoms in total. The van der Waals surface area contributed by atoms with Crippen molar-refractivity contribution < 1.29 is 9.53 Å². The molecule has 1 saturated heterocycles. The highest BCUT2D eigenvalue weighted by molar-refractivity contribution is 7.80. The first-order valence-electron chi connectivity index (χ1n) is 6.33. The molecule has 19 heavy (non-hydrogen) atoms. The van der Waals surface area contributed by atoms with E-state index in [2.05, 4.69) is 0 Å². The van der Waals surface area contributed by atoms with Crippen LogP contribution in [0.2, 0.25) is 0 Å². The van der Waals surface area contributed by atoms with Gasteiger partial charge in [0.1, 0.15) is 4.99 Å². The highest BCUT2D eigenvalue weighted by atomic mass is 32.1. The molecule has 1 heterocycles. The molecule has 1 aliphatic heterocycles. The fourth-order valence-corrected chi connectivity index (χ4v) is 2.41. The number of rotatable bonds is 3. The molecular weight excluding hydrogens is 260 g/mol. The first-order valence-corrected chi connectivity index (χ1v) is 6.74. The van der Waals surface area contributed by atoms with E-state index in [1.54, 1.807) is 19.2 Å². The minimum Gasteiger partial charge on any atom is -0.389 e. The molecule has 0 aliphatic carbocycles. The summed E-state index contributed by atoms with van der Waals surface area (Å²) in [6, 6.07) is 7.18. The van der Waals surface area contributed by atoms with Crippen LogP contribution < -0.4 is 5.73 Å². The van der Waals surface area contributed by atoms with Gasteiger partial charge in [0.2, 0.25) is 0 Å². The fourth-order valence-electron chi connectivity index (χ4n) is 2.28. The SMILES string of the molecule is COC1CCN(C(=O)c2cccc(C(N)=S)c2)CC1. The highest BCUT2D eigenvalue weighted by Crippen LogP contribution is 2.16. The zero-order valence-corrected chi connectivity index (χ0v) is 11.8. The number of nitrogens with zero attached hydrogens (tertiary/aromatic N) is 1. The normalized spacial score (nSPS) is 16.4. The minimum absolute atomic E-state index is 0.0349. The van der Waals surface area contributed by atoms with E-state index in [4.69, 9.17) is 22.7 Å². The van der Waals surface area contributed by atoms with Crippen LogP contribution in [0.5, 0.6) is 0 Å². The van der Waals surface area contributed by atoms with E-state index in [0.717, 1.165) is 31.5 Å². The summed E-state index contributed by atoms with van der Waals surface area (Å²) < 4.78 is 5.30. The third-order valence-electron chi connectivity index (χ3n) is 3.46. The number of piperidine rings is 1. The highest BCUT2D eigenvalue weighted by Gasteiger charge is 2.23. The van der Waals surface area contributed by atoms with Gasteiger partial charge < -0.3 is 15.4 Å². The molecular formula is C14H18N2O2S. The quantitative estimate of drug-likeness (QED) is 0.853. The number of benzene rings is 1. The number of thiocarbonyl (C=S) groups is 1. The molecule has 1 aromatic rings. The summed E-state index contributed by atoms with van der Waals surface area (Å²) in [6.07, 6.45) is 2.04. The monoisotopic (exact) mass is 278 g/mol. The Morgan fingerprint density at radius 3 is 2.58 bits per heavy atom. The Balaban J connectivity index is 2.08. The van der Waals surface area contributed by atoms with Gasteiger partial charge in [0.05, 0.1) is 6.10 Å². The van der Waals surface area contributed by atoms with Crippen molar-refractivity contribution in [3.8, 4) is 0 Å². The van der Waals surface area contributed by atoms with Crippen LogP contribution in [0.25, 0.3) is 0 Å². The van der Waals surface area contributed by atoms with Crippen LogP contribution >= 0.6 is 12.2 Å². The van der Waals surface area contributed by atoms with E-state index < -0.39 is 0 Å². The standard InChI is InChI=1S/C14H18N2O2S/c1-18-12-5-7-16(8-6-12)14(17)11-4-2-3-10(9-11)13(15)19/h2-4,9,12H,5-8H2,1H3,(H2,15,19). The summed E-state index contributed by atoms with van der Waals surface area (Å²) in [7, 11) is 1.72. The number of carbonyl (C=O) groups excluding carboxylic acids is 1. The lowest BCUT2D eigenvalue weighted by Crippen LogP contribution is -2.40. The van der Waals surface area contributed by atoms with E-state index in [1.165, 1.54) is 0 Å². The maximum Gasteiger partial charge on any atom is 0.253 e. The summed E-state index contributed by atoms with van der Waals surface area (Å²) in [5, 5.41) is 0. The van der Waals surface area contributed by atoms with Crippen molar-refractivity contribution in [1.29, 1.82) is 0 Å². The van der Waals surface area contributed by atoms with Crippen molar-refractivity contribution in [2.24, 2.45) is 5.73 Å². The molecule has 1 aromatic carbocycles. The van der Waals surface area contributed by atoms with E-state index >= 15 is 0 Å².